The topological polar surface area (TPSA) is 177 Å². The summed E-state index contributed by atoms with van der Waals surface area (Å²) in [5.41, 5.74) is -0.685. The number of ether oxygens (including phenoxy) is 1. The highest BCUT2D eigenvalue weighted by molar-refractivity contribution is 7.91. The Morgan fingerprint density at radius 3 is 2.65 bits per heavy atom. The molecule has 54 heavy (non-hydrogen) atoms. The van der Waals surface area contributed by atoms with Gasteiger partial charge in [-0.05, 0) is 83.1 Å². The van der Waals surface area contributed by atoms with E-state index in [1.807, 2.05) is 32.1 Å². The maximum Gasteiger partial charge on any atom is 0.262 e. The number of hydrogen-bond donors (Lipinski definition) is 3. The van der Waals surface area contributed by atoms with Crippen molar-refractivity contribution in [2.45, 2.75) is 113 Å². The quantitative estimate of drug-likeness (QED) is 0.282. The first kappa shape index (κ1) is 37.9. The molecule has 16 heteroatoms. The van der Waals surface area contributed by atoms with Crippen molar-refractivity contribution in [3.8, 4) is 5.88 Å². The lowest BCUT2D eigenvalue weighted by Gasteiger charge is -2.30. The van der Waals surface area contributed by atoms with Crippen molar-refractivity contribution in [3.05, 3.63) is 63.7 Å². The van der Waals surface area contributed by atoms with Crippen molar-refractivity contribution in [1.29, 1.82) is 0 Å². The molecule has 2 aromatic heterocycles. The molecule has 288 valence electrons. The molecule has 13 nitrogen and oxygen atoms in total. The molecule has 0 spiro atoms. The van der Waals surface area contributed by atoms with E-state index in [1.54, 1.807) is 25.1 Å². The molecule has 7 rings (SSSR count). The Morgan fingerprint density at radius 2 is 1.93 bits per heavy atom. The summed E-state index contributed by atoms with van der Waals surface area (Å²) in [5, 5.41) is 5.78. The van der Waals surface area contributed by atoms with Crippen LogP contribution in [0.25, 0.3) is 11.0 Å². The van der Waals surface area contributed by atoms with Gasteiger partial charge in [-0.25, -0.2) is 22.8 Å². The molecule has 1 aromatic carbocycles. The van der Waals surface area contributed by atoms with Gasteiger partial charge in [0.1, 0.15) is 34.9 Å². The van der Waals surface area contributed by atoms with E-state index in [4.69, 9.17) is 4.74 Å². The Kier molecular flexibility index (Phi) is 10.3. The predicted molar refractivity (Wildman–Crippen MR) is 200 cm³/mol. The van der Waals surface area contributed by atoms with Crippen molar-refractivity contribution >= 4 is 56.0 Å². The summed E-state index contributed by atoms with van der Waals surface area (Å²) in [6.45, 7) is 5.25. The second kappa shape index (κ2) is 14.7. The molecular formula is C38H45FN6O7S2. The highest BCUT2D eigenvalue weighted by Gasteiger charge is 2.63. The van der Waals surface area contributed by atoms with E-state index < -0.39 is 73.9 Å². The molecule has 0 unspecified atom stereocenters. The van der Waals surface area contributed by atoms with E-state index in [9.17, 15) is 32.0 Å². The van der Waals surface area contributed by atoms with Crippen molar-refractivity contribution in [2.24, 2.45) is 5.92 Å². The number of halogens is 1. The minimum atomic E-state index is -4.00. The van der Waals surface area contributed by atoms with Crippen molar-refractivity contribution in [2.75, 3.05) is 6.54 Å². The summed E-state index contributed by atoms with van der Waals surface area (Å²) in [6.07, 6.45) is 7.63. The molecule has 3 aromatic rings. The number of nitrogens with zero attached hydrogens (tertiary/aromatic N) is 3. The number of fused-ring (bicyclic) bond motifs is 3. The van der Waals surface area contributed by atoms with Crippen LogP contribution in [-0.2, 0) is 30.8 Å². The Bertz CT molecular complexity index is 2140. The lowest BCUT2D eigenvalue weighted by molar-refractivity contribution is -0.141. The smallest absolute Gasteiger partial charge is 0.262 e. The van der Waals surface area contributed by atoms with Gasteiger partial charge in [-0.2, -0.15) is 0 Å². The fraction of sp³-hybridized carbons (Fsp3) is 0.526. The van der Waals surface area contributed by atoms with E-state index in [0.717, 1.165) is 17.7 Å². The molecule has 3 N–H and O–H groups in total. The van der Waals surface area contributed by atoms with Gasteiger partial charge in [0.2, 0.25) is 27.7 Å². The molecule has 5 atom stereocenters. The second-order valence-electron chi connectivity index (χ2n) is 15.1. The molecule has 3 fully saturated rings. The van der Waals surface area contributed by atoms with Gasteiger partial charge < -0.3 is 20.3 Å². The number of rotatable bonds is 8. The first-order valence-electron chi connectivity index (χ1n) is 18.6. The summed E-state index contributed by atoms with van der Waals surface area (Å²) >= 11 is 1.31. The summed E-state index contributed by atoms with van der Waals surface area (Å²) in [7, 11) is -4.00. The van der Waals surface area contributed by atoms with Crippen LogP contribution in [0.4, 0.5) is 4.39 Å². The number of carbonyl (C=O) groups excluding carboxylic acids is 4. The van der Waals surface area contributed by atoms with Gasteiger partial charge in [-0.3, -0.25) is 23.9 Å². The van der Waals surface area contributed by atoms with Crippen LogP contribution in [0.15, 0.2) is 42.5 Å². The van der Waals surface area contributed by atoms with Crippen LogP contribution in [0.1, 0.15) is 91.9 Å². The zero-order valence-corrected chi connectivity index (χ0v) is 32.2. The molecule has 4 aliphatic rings. The lowest BCUT2D eigenvalue weighted by atomic mass is 10.0. The zero-order valence-electron chi connectivity index (χ0n) is 30.5. The van der Waals surface area contributed by atoms with Crippen LogP contribution in [0.3, 0.4) is 0 Å². The Morgan fingerprint density at radius 1 is 1.13 bits per heavy atom. The third kappa shape index (κ3) is 7.46. The number of amides is 4. The number of allylic oxidation sites excluding steroid dienone is 1. The number of para-hydroxylation sites is 1. The van der Waals surface area contributed by atoms with Gasteiger partial charge in [0.15, 0.2) is 5.82 Å². The minimum absolute atomic E-state index is 0.0168. The lowest BCUT2D eigenvalue weighted by Crippen LogP contribution is -2.58. The third-order valence-electron chi connectivity index (χ3n) is 11.0. The van der Waals surface area contributed by atoms with Crippen molar-refractivity contribution in [3.63, 3.8) is 0 Å². The van der Waals surface area contributed by atoms with Crippen molar-refractivity contribution in [1.82, 2.24) is 30.2 Å². The Balaban J connectivity index is 1.21. The first-order chi connectivity index (χ1) is 25.7. The maximum absolute atomic E-state index is 14.8. The van der Waals surface area contributed by atoms with Gasteiger partial charge in [-0.1, -0.05) is 38.0 Å². The maximum atomic E-state index is 14.8. The van der Waals surface area contributed by atoms with Gasteiger partial charge in [-0.15, -0.1) is 11.3 Å². The second-order valence-corrected chi connectivity index (χ2v) is 18.6. The van der Waals surface area contributed by atoms with E-state index in [-0.39, 0.29) is 30.8 Å². The molecule has 1 saturated heterocycles. The summed E-state index contributed by atoms with van der Waals surface area (Å²) in [5.74, 6) is -3.31. The number of carbonyl (C=O) groups is 4. The molecule has 0 bridgehead atoms. The highest BCUT2D eigenvalue weighted by Crippen LogP contribution is 2.47. The summed E-state index contributed by atoms with van der Waals surface area (Å²) in [4.78, 5) is 68.0. The van der Waals surface area contributed by atoms with Gasteiger partial charge in [0.25, 0.3) is 11.8 Å². The van der Waals surface area contributed by atoms with E-state index >= 15 is 0 Å². The number of hydrogen-bond acceptors (Lipinski definition) is 10. The van der Waals surface area contributed by atoms with E-state index in [0.29, 0.717) is 54.6 Å². The van der Waals surface area contributed by atoms with E-state index in [2.05, 4.69) is 25.3 Å². The summed E-state index contributed by atoms with van der Waals surface area (Å²) < 4.78 is 48.6. The molecule has 2 aliphatic heterocycles. The fourth-order valence-electron chi connectivity index (χ4n) is 7.28. The number of sulfonamides is 1. The van der Waals surface area contributed by atoms with Crippen LogP contribution in [0.2, 0.25) is 0 Å². The number of aryl methyl sites for hydroxylation is 2. The van der Waals surface area contributed by atoms with Gasteiger partial charge >= 0.3 is 0 Å². The molecule has 2 aliphatic carbocycles. The van der Waals surface area contributed by atoms with Gasteiger partial charge in [0.05, 0.1) is 21.7 Å². The molecule has 0 radical (unpaired) electrons. The van der Waals surface area contributed by atoms with Crippen LogP contribution >= 0.6 is 11.3 Å². The predicted octanol–water partition coefficient (Wildman–Crippen LogP) is 4.24. The zero-order chi connectivity index (χ0) is 38.4. The minimum Gasteiger partial charge on any atom is -0.471 e. The fourth-order valence-corrected chi connectivity index (χ4v) is 9.36. The average molecular weight is 781 g/mol. The average Bonchev–Trinajstić information content (AvgIpc) is 3.94. The standard InChI is InChI=1S/C38H45FN6O7S2/c1-4-26-34(42-31-25(39)12-10-14-27(31)40-26)52-24-19-29-32(46)43-38(36(49)44-54(50,51)37(3)17-18-37)20-23(38)11-8-6-5-7-9-13-28(35(48)45(29)21-24)41-33(47)30-16-15-22(2)53-30/h8,10-12,14-16,23-24,28-29H,4-7,9,13,17-21H2,1-3H3,(H,41,47)(H,43,46)(H,44,49)/t23-,24-,28+,29+,38-/m1/s1. The first-order valence-corrected chi connectivity index (χ1v) is 20.9. The number of thiophene rings is 1. The van der Waals surface area contributed by atoms with E-state index in [1.165, 1.54) is 22.3 Å². The van der Waals surface area contributed by atoms with Crippen LogP contribution in [-0.4, -0.2) is 81.9 Å². The highest BCUT2D eigenvalue weighted by atomic mass is 32.2. The van der Waals surface area contributed by atoms with Crippen LogP contribution in [0.5, 0.6) is 5.88 Å². The van der Waals surface area contributed by atoms with Crippen molar-refractivity contribution < 1.29 is 36.7 Å². The Labute approximate surface area is 317 Å². The number of aromatic nitrogens is 2. The SMILES string of the molecule is CCc1nc2cccc(F)c2nc1O[C@@H]1C[C@H]2C(=O)N[C@]3(C(=O)NS(=O)(=O)C4(C)CC4)C[C@H]3C=CCCCCC[C@H](NC(=O)c3ccc(C)s3)C(=O)N2C1. The normalized spacial score (nSPS) is 26.9. The number of nitrogens with one attached hydrogen (secondary N) is 3. The summed E-state index contributed by atoms with van der Waals surface area (Å²) in [6, 6.07) is 5.88. The largest absolute Gasteiger partial charge is 0.471 e. The van der Waals surface area contributed by atoms with Crippen LogP contribution < -0.4 is 20.1 Å². The third-order valence-corrected chi connectivity index (χ3v) is 14.2. The van der Waals surface area contributed by atoms with Gasteiger partial charge in [0, 0.05) is 17.2 Å². The molecule has 4 heterocycles. The monoisotopic (exact) mass is 780 g/mol. The Hall–Kier alpha value is -4.44. The molecular weight excluding hydrogens is 736 g/mol. The molecule has 4 amide bonds. The molecule has 2 saturated carbocycles. The van der Waals surface area contributed by atoms with Crippen LogP contribution in [0, 0.1) is 18.7 Å². The number of benzene rings is 1.